The highest BCUT2D eigenvalue weighted by atomic mass is 35.5. The summed E-state index contributed by atoms with van der Waals surface area (Å²) in [5, 5.41) is 5.31. The van der Waals surface area contributed by atoms with Gasteiger partial charge in [-0.25, -0.2) is 0 Å². The smallest absolute Gasteiger partial charge is 0.143 e. The Kier molecular flexibility index (Phi) is 2.53. The molecule has 0 aliphatic carbocycles. The fourth-order valence-electron chi connectivity index (χ4n) is 2.68. The molecule has 1 aliphatic heterocycles. The second kappa shape index (κ2) is 3.93. The van der Waals surface area contributed by atoms with Crippen LogP contribution in [-0.2, 0) is 6.54 Å². The number of hydrogen-bond acceptors (Lipinski definition) is 2. The molecular formula is C13H15ClN2O. The van der Waals surface area contributed by atoms with Crippen LogP contribution in [0.25, 0.3) is 10.9 Å². The molecular weight excluding hydrogens is 236 g/mol. The number of benzene rings is 1. The molecule has 0 radical (unpaired) electrons. The van der Waals surface area contributed by atoms with Crippen molar-refractivity contribution in [2.75, 3.05) is 13.7 Å². The quantitative estimate of drug-likeness (QED) is 0.816. The predicted molar refractivity (Wildman–Crippen MR) is 70.0 cm³/mol. The van der Waals surface area contributed by atoms with Crippen molar-refractivity contribution in [1.82, 2.24) is 10.3 Å². The number of methoxy groups -OCH3 is 1. The molecule has 0 spiro atoms. The zero-order valence-corrected chi connectivity index (χ0v) is 10.7. The van der Waals surface area contributed by atoms with Gasteiger partial charge in [0.25, 0.3) is 0 Å². The van der Waals surface area contributed by atoms with E-state index in [1.165, 1.54) is 11.3 Å². The summed E-state index contributed by atoms with van der Waals surface area (Å²) in [7, 11) is 1.68. The first kappa shape index (κ1) is 10.9. The van der Waals surface area contributed by atoms with Gasteiger partial charge in [0.2, 0.25) is 0 Å². The first-order valence-corrected chi connectivity index (χ1v) is 6.17. The standard InChI is InChI=1S/C13H15ClN2O/c1-7-5-15-6-9-11(7)12-8(14)3-4-10(17-2)13(12)16-9/h3-4,7,15-16H,5-6H2,1-2H3. The van der Waals surface area contributed by atoms with E-state index in [0.29, 0.717) is 5.92 Å². The maximum atomic E-state index is 6.33. The second-order valence-electron chi connectivity index (χ2n) is 4.55. The van der Waals surface area contributed by atoms with Gasteiger partial charge >= 0.3 is 0 Å². The largest absolute Gasteiger partial charge is 0.495 e. The molecule has 2 aromatic rings. The lowest BCUT2D eigenvalue weighted by Crippen LogP contribution is -2.26. The number of H-pyrrole nitrogens is 1. The molecule has 0 saturated heterocycles. The van der Waals surface area contributed by atoms with Gasteiger partial charge < -0.3 is 15.0 Å². The number of aromatic amines is 1. The molecule has 3 rings (SSSR count). The highest BCUT2D eigenvalue weighted by molar-refractivity contribution is 6.36. The highest BCUT2D eigenvalue weighted by Gasteiger charge is 2.24. The number of rotatable bonds is 1. The van der Waals surface area contributed by atoms with Crippen molar-refractivity contribution in [3.63, 3.8) is 0 Å². The third-order valence-corrected chi connectivity index (χ3v) is 3.77. The Morgan fingerprint density at radius 1 is 1.41 bits per heavy atom. The van der Waals surface area contributed by atoms with Crippen molar-refractivity contribution in [1.29, 1.82) is 0 Å². The summed E-state index contributed by atoms with van der Waals surface area (Å²) in [6.07, 6.45) is 0. The van der Waals surface area contributed by atoms with Gasteiger partial charge in [-0.1, -0.05) is 18.5 Å². The van der Waals surface area contributed by atoms with Crippen LogP contribution >= 0.6 is 11.6 Å². The van der Waals surface area contributed by atoms with E-state index >= 15 is 0 Å². The average Bonchev–Trinajstić information content (AvgIpc) is 2.71. The van der Waals surface area contributed by atoms with Gasteiger partial charge in [-0.05, 0) is 23.6 Å². The number of halogens is 1. The molecule has 1 aliphatic rings. The Morgan fingerprint density at radius 3 is 3.00 bits per heavy atom. The van der Waals surface area contributed by atoms with E-state index in [2.05, 4.69) is 17.2 Å². The Labute approximate surface area is 105 Å². The summed E-state index contributed by atoms with van der Waals surface area (Å²) < 4.78 is 5.39. The molecule has 2 N–H and O–H groups in total. The van der Waals surface area contributed by atoms with Crippen LogP contribution < -0.4 is 10.1 Å². The highest BCUT2D eigenvalue weighted by Crippen LogP contribution is 2.39. The van der Waals surface area contributed by atoms with Crippen molar-refractivity contribution >= 4 is 22.5 Å². The van der Waals surface area contributed by atoms with E-state index in [-0.39, 0.29) is 0 Å². The molecule has 90 valence electrons. The molecule has 1 aromatic heterocycles. The minimum Gasteiger partial charge on any atom is -0.495 e. The lowest BCUT2D eigenvalue weighted by Gasteiger charge is -2.20. The monoisotopic (exact) mass is 250 g/mol. The van der Waals surface area contributed by atoms with Crippen LogP contribution in [0.2, 0.25) is 5.02 Å². The Morgan fingerprint density at radius 2 is 2.24 bits per heavy atom. The minimum atomic E-state index is 0.470. The van der Waals surface area contributed by atoms with Gasteiger partial charge in [-0.3, -0.25) is 0 Å². The van der Waals surface area contributed by atoms with Gasteiger partial charge in [-0.2, -0.15) is 0 Å². The molecule has 0 fully saturated rings. The van der Waals surface area contributed by atoms with Crippen LogP contribution in [0.15, 0.2) is 12.1 Å². The van der Waals surface area contributed by atoms with Crippen LogP contribution in [0.1, 0.15) is 24.1 Å². The van der Waals surface area contributed by atoms with E-state index < -0.39 is 0 Å². The average molecular weight is 251 g/mol. The van der Waals surface area contributed by atoms with Crippen molar-refractivity contribution in [3.8, 4) is 5.75 Å². The van der Waals surface area contributed by atoms with E-state index in [4.69, 9.17) is 16.3 Å². The van der Waals surface area contributed by atoms with Gasteiger partial charge in [0, 0.05) is 24.2 Å². The van der Waals surface area contributed by atoms with Crippen LogP contribution in [-0.4, -0.2) is 18.6 Å². The van der Waals surface area contributed by atoms with E-state index in [1.54, 1.807) is 7.11 Å². The Hall–Kier alpha value is -1.19. The van der Waals surface area contributed by atoms with Crippen LogP contribution in [0.5, 0.6) is 5.75 Å². The third-order valence-electron chi connectivity index (χ3n) is 3.45. The molecule has 0 saturated carbocycles. The number of nitrogens with one attached hydrogen (secondary N) is 2. The number of fused-ring (bicyclic) bond motifs is 3. The molecule has 1 atom stereocenters. The molecule has 0 amide bonds. The normalized spacial score (nSPS) is 19.4. The van der Waals surface area contributed by atoms with E-state index in [0.717, 1.165) is 34.8 Å². The lowest BCUT2D eigenvalue weighted by atomic mass is 9.94. The lowest BCUT2D eigenvalue weighted by molar-refractivity contribution is 0.419. The zero-order valence-electron chi connectivity index (χ0n) is 9.93. The summed E-state index contributed by atoms with van der Waals surface area (Å²) in [4.78, 5) is 3.43. The molecule has 2 heterocycles. The first-order chi connectivity index (χ1) is 8.22. The first-order valence-electron chi connectivity index (χ1n) is 5.80. The minimum absolute atomic E-state index is 0.470. The van der Waals surface area contributed by atoms with Crippen molar-refractivity contribution < 1.29 is 4.74 Å². The summed E-state index contributed by atoms with van der Waals surface area (Å²) in [6.45, 7) is 4.08. The topological polar surface area (TPSA) is 37.0 Å². The van der Waals surface area contributed by atoms with Gasteiger partial charge in [0.1, 0.15) is 5.75 Å². The maximum Gasteiger partial charge on any atom is 0.143 e. The summed E-state index contributed by atoms with van der Waals surface area (Å²) in [5.41, 5.74) is 3.58. The van der Waals surface area contributed by atoms with Crippen molar-refractivity contribution in [3.05, 3.63) is 28.4 Å². The van der Waals surface area contributed by atoms with Crippen LogP contribution in [0, 0.1) is 0 Å². The van der Waals surface area contributed by atoms with E-state index in [9.17, 15) is 0 Å². The summed E-state index contributed by atoms with van der Waals surface area (Å²) in [5.74, 6) is 1.32. The summed E-state index contributed by atoms with van der Waals surface area (Å²) >= 11 is 6.33. The van der Waals surface area contributed by atoms with Gasteiger partial charge in [0.15, 0.2) is 0 Å². The zero-order chi connectivity index (χ0) is 12.0. The second-order valence-corrected chi connectivity index (χ2v) is 4.96. The molecule has 1 aromatic carbocycles. The van der Waals surface area contributed by atoms with Crippen LogP contribution in [0.3, 0.4) is 0 Å². The fourth-order valence-corrected chi connectivity index (χ4v) is 2.94. The van der Waals surface area contributed by atoms with Crippen LogP contribution in [0.4, 0.5) is 0 Å². The third kappa shape index (κ3) is 1.53. The van der Waals surface area contributed by atoms with Gasteiger partial charge in [-0.15, -0.1) is 0 Å². The number of hydrogen-bond donors (Lipinski definition) is 2. The Balaban J connectivity index is 2.38. The number of ether oxygens (including phenoxy) is 1. The predicted octanol–water partition coefficient (Wildman–Crippen LogP) is 3.04. The fraction of sp³-hybridized carbons (Fsp3) is 0.385. The van der Waals surface area contributed by atoms with Gasteiger partial charge in [0.05, 0.1) is 17.6 Å². The van der Waals surface area contributed by atoms with Crippen molar-refractivity contribution in [2.24, 2.45) is 0 Å². The molecule has 1 unspecified atom stereocenters. The maximum absolute atomic E-state index is 6.33. The SMILES string of the molecule is COc1ccc(Cl)c2c3c([nH]c12)CNCC3C. The summed E-state index contributed by atoms with van der Waals surface area (Å²) in [6, 6.07) is 3.82. The molecule has 3 nitrogen and oxygen atoms in total. The van der Waals surface area contributed by atoms with Crippen molar-refractivity contribution in [2.45, 2.75) is 19.4 Å². The molecule has 17 heavy (non-hydrogen) atoms. The van der Waals surface area contributed by atoms with E-state index in [1.807, 2.05) is 12.1 Å². The molecule has 0 bridgehead atoms. The number of aromatic nitrogens is 1. The molecule has 4 heteroatoms. The Bertz CT molecular complexity index is 576.